The van der Waals surface area contributed by atoms with E-state index in [2.05, 4.69) is 20.8 Å². The lowest BCUT2D eigenvalue weighted by Crippen LogP contribution is -2.36. The molecular weight excluding hydrogens is 380 g/mol. The van der Waals surface area contributed by atoms with Gasteiger partial charge >= 0.3 is 0 Å². The molecule has 2 atom stereocenters. The van der Waals surface area contributed by atoms with Gasteiger partial charge in [-0.2, -0.15) is 0 Å². The van der Waals surface area contributed by atoms with Gasteiger partial charge in [0.25, 0.3) is 0 Å². The second-order valence-electron chi connectivity index (χ2n) is 5.62. The van der Waals surface area contributed by atoms with Crippen molar-refractivity contribution in [1.82, 2.24) is 15.5 Å². The van der Waals surface area contributed by atoms with Crippen molar-refractivity contribution in [3.63, 3.8) is 0 Å². The molecule has 0 spiro atoms. The first-order valence-electron chi connectivity index (χ1n) is 8.03. The molecular formula is C16H19ClN4O2S2. The molecule has 2 heterocycles. The number of ether oxygens (including phenoxy) is 1. The van der Waals surface area contributed by atoms with E-state index in [1.807, 2.05) is 25.1 Å². The number of amides is 1. The molecule has 6 nitrogen and oxygen atoms in total. The number of halogens is 1. The zero-order chi connectivity index (χ0) is 17.6. The van der Waals surface area contributed by atoms with Crippen LogP contribution in [0.5, 0.6) is 0 Å². The predicted molar refractivity (Wildman–Crippen MR) is 102 cm³/mol. The summed E-state index contributed by atoms with van der Waals surface area (Å²) in [7, 11) is 0. The Morgan fingerprint density at radius 1 is 1.48 bits per heavy atom. The van der Waals surface area contributed by atoms with Crippen molar-refractivity contribution >= 4 is 51.4 Å². The number of aromatic nitrogens is 2. The summed E-state index contributed by atoms with van der Waals surface area (Å²) in [6.45, 7) is 3.22. The van der Waals surface area contributed by atoms with Gasteiger partial charge in [-0.25, -0.2) is 0 Å². The van der Waals surface area contributed by atoms with Crippen LogP contribution in [0.1, 0.15) is 19.8 Å². The number of hydrogen-bond acceptors (Lipinski definition) is 7. The second kappa shape index (κ2) is 8.84. The average Bonchev–Trinajstić information content (AvgIpc) is 3.27. The lowest BCUT2D eigenvalue weighted by atomic mass is 10.2. The molecule has 1 aliphatic heterocycles. The van der Waals surface area contributed by atoms with Gasteiger partial charge in [0, 0.05) is 13.2 Å². The van der Waals surface area contributed by atoms with Crippen LogP contribution in [-0.2, 0) is 9.53 Å². The van der Waals surface area contributed by atoms with E-state index in [0.29, 0.717) is 16.7 Å². The number of carbonyl (C=O) groups is 1. The van der Waals surface area contributed by atoms with Crippen molar-refractivity contribution < 1.29 is 9.53 Å². The molecule has 2 N–H and O–H groups in total. The molecule has 0 saturated carbocycles. The number of anilines is 2. The highest BCUT2D eigenvalue weighted by atomic mass is 35.5. The van der Waals surface area contributed by atoms with Crippen LogP contribution >= 0.6 is 34.7 Å². The first kappa shape index (κ1) is 18.4. The molecule has 1 aromatic carbocycles. The van der Waals surface area contributed by atoms with Crippen molar-refractivity contribution in [2.24, 2.45) is 0 Å². The monoisotopic (exact) mass is 398 g/mol. The highest BCUT2D eigenvalue weighted by molar-refractivity contribution is 8.02. The molecule has 9 heteroatoms. The minimum absolute atomic E-state index is 0.0173. The Hall–Kier alpha value is -1.35. The summed E-state index contributed by atoms with van der Waals surface area (Å²) in [6, 6.07) is 7.44. The van der Waals surface area contributed by atoms with Gasteiger partial charge in [0.05, 0.1) is 22.1 Å². The maximum atomic E-state index is 12.2. The average molecular weight is 399 g/mol. The van der Waals surface area contributed by atoms with Crippen LogP contribution in [0.3, 0.4) is 0 Å². The van der Waals surface area contributed by atoms with Crippen LogP contribution in [0.15, 0.2) is 28.6 Å². The third-order valence-electron chi connectivity index (χ3n) is 3.70. The Morgan fingerprint density at radius 2 is 2.32 bits per heavy atom. The van der Waals surface area contributed by atoms with Crippen molar-refractivity contribution in [2.45, 2.75) is 35.5 Å². The smallest absolute Gasteiger partial charge is 0.233 e. The summed E-state index contributed by atoms with van der Waals surface area (Å²) in [5.74, 6) is -0.0173. The van der Waals surface area contributed by atoms with E-state index in [1.165, 1.54) is 23.1 Å². The molecule has 1 fully saturated rings. The first-order valence-corrected chi connectivity index (χ1v) is 10.1. The van der Waals surface area contributed by atoms with Gasteiger partial charge in [-0.05, 0) is 31.9 Å². The van der Waals surface area contributed by atoms with Crippen LogP contribution in [0.2, 0.25) is 5.02 Å². The van der Waals surface area contributed by atoms with E-state index in [9.17, 15) is 4.79 Å². The Kier molecular flexibility index (Phi) is 6.52. The highest BCUT2D eigenvalue weighted by Gasteiger charge is 2.20. The molecule has 0 bridgehead atoms. The van der Waals surface area contributed by atoms with Gasteiger partial charge in [-0.15, -0.1) is 10.2 Å². The highest BCUT2D eigenvalue weighted by Crippen LogP contribution is 2.32. The number of nitrogens with one attached hydrogen (secondary N) is 2. The van der Waals surface area contributed by atoms with Crippen LogP contribution < -0.4 is 10.6 Å². The maximum Gasteiger partial charge on any atom is 0.233 e. The Labute approximate surface area is 159 Å². The number of rotatable bonds is 7. The van der Waals surface area contributed by atoms with Crippen molar-refractivity contribution in [3.05, 3.63) is 29.3 Å². The minimum atomic E-state index is -0.248. The number of carbonyl (C=O) groups excluding carboxylic acids is 1. The fourth-order valence-corrected chi connectivity index (χ4v) is 4.47. The minimum Gasteiger partial charge on any atom is -0.376 e. The molecule has 1 saturated heterocycles. The van der Waals surface area contributed by atoms with Crippen molar-refractivity contribution in [2.75, 3.05) is 18.5 Å². The summed E-state index contributed by atoms with van der Waals surface area (Å²) in [6.07, 6.45) is 2.22. The van der Waals surface area contributed by atoms with Crippen LogP contribution in [-0.4, -0.2) is 40.6 Å². The summed E-state index contributed by atoms with van der Waals surface area (Å²) < 4.78 is 6.24. The maximum absolute atomic E-state index is 12.2. The third kappa shape index (κ3) is 5.31. The standard InChI is InChI=1S/C16H19ClN4O2S2/c1-10(14(22)18-9-11-5-4-8-23-11)24-16-21-20-15(25-16)19-13-7-3-2-6-12(13)17/h2-3,6-7,10-11H,4-5,8-9H2,1H3,(H,18,22)(H,19,20)/t10-,11+/m1/s1. The quantitative estimate of drug-likeness (QED) is 0.692. The van der Waals surface area contributed by atoms with Gasteiger partial charge in [-0.3, -0.25) is 4.79 Å². The van der Waals surface area contributed by atoms with Crippen LogP contribution in [0, 0.1) is 0 Å². The summed E-state index contributed by atoms with van der Waals surface area (Å²) in [5, 5.41) is 15.3. The fourth-order valence-electron chi connectivity index (χ4n) is 2.35. The third-order valence-corrected chi connectivity index (χ3v) is 6.05. The van der Waals surface area contributed by atoms with E-state index in [-0.39, 0.29) is 17.3 Å². The normalized spacial score (nSPS) is 18.1. The molecule has 1 amide bonds. The predicted octanol–water partition coefficient (Wildman–Crippen LogP) is 3.71. The molecule has 1 aliphatic rings. The topological polar surface area (TPSA) is 76.1 Å². The van der Waals surface area contributed by atoms with E-state index < -0.39 is 0 Å². The molecule has 0 aliphatic carbocycles. The van der Waals surface area contributed by atoms with Crippen LogP contribution in [0.4, 0.5) is 10.8 Å². The molecule has 134 valence electrons. The van der Waals surface area contributed by atoms with E-state index in [1.54, 1.807) is 6.07 Å². The van der Waals surface area contributed by atoms with Crippen molar-refractivity contribution in [1.29, 1.82) is 0 Å². The second-order valence-corrected chi connectivity index (χ2v) is 8.59. The number of hydrogen-bond donors (Lipinski definition) is 2. The number of para-hydroxylation sites is 1. The Balaban J connectivity index is 1.50. The molecule has 0 radical (unpaired) electrons. The van der Waals surface area contributed by atoms with Crippen LogP contribution in [0.25, 0.3) is 0 Å². The Bertz CT molecular complexity index is 722. The van der Waals surface area contributed by atoms with Gasteiger partial charge in [0.2, 0.25) is 11.0 Å². The summed E-state index contributed by atoms with van der Waals surface area (Å²) >= 11 is 8.90. The first-order chi connectivity index (χ1) is 12.1. The lowest BCUT2D eigenvalue weighted by molar-refractivity contribution is -0.120. The molecule has 2 aromatic rings. The van der Waals surface area contributed by atoms with E-state index in [4.69, 9.17) is 16.3 Å². The zero-order valence-electron chi connectivity index (χ0n) is 13.7. The van der Waals surface area contributed by atoms with Gasteiger partial charge in [-0.1, -0.05) is 46.8 Å². The molecule has 1 aromatic heterocycles. The van der Waals surface area contributed by atoms with E-state index in [0.717, 1.165) is 29.5 Å². The number of thioether (sulfide) groups is 1. The largest absolute Gasteiger partial charge is 0.376 e. The number of benzene rings is 1. The summed E-state index contributed by atoms with van der Waals surface area (Å²) in [4.78, 5) is 12.2. The van der Waals surface area contributed by atoms with Gasteiger partial charge in [0.1, 0.15) is 0 Å². The van der Waals surface area contributed by atoms with Gasteiger partial charge in [0.15, 0.2) is 4.34 Å². The fraction of sp³-hybridized carbons (Fsp3) is 0.438. The molecule has 0 unspecified atom stereocenters. The number of nitrogens with zero attached hydrogens (tertiary/aromatic N) is 2. The molecule has 25 heavy (non-hydrogen) atoms. The zero-order valence-corrected chi connectivity index (χ0v) is 16.1. The SMILES string of the molecule is C[C@@H](Sc1nnc(Nc2ccccc2Cl)s1)C(=O)NC[C@@H]1CCCO1. The van der Waals surface area contributed by atoms with Gasteiger partial charge < -0.3 is 15.4 Å². The van der Waals surface area contributed by atoms with E-state index >= 15 is 0 Å². The molecule has 3 rings (SSSR count). The summed E-state index contributed by atoms with van der Waals surface area (Å²) in [5.41, 5.74) is 0.777. The lowest BCUT2D eigenvalue weighted by Gasteiger charge is -2.13. The Morgan fingerprint density at radius 3 is 3.08 bits per heavy atom. The van der Waals surface area contributed by atoms with Crippen molar-refractivity contribution in [3.8, 4) is 0 Å².